The molecule has 0 aromatic carbocycles. The molecule has 0 saturated heterocycles. The van der Waals surface area contributed by atoms with Gasteiger partial charge in [-0.15, -0.1) is 0 Å². The van der Waals surface area contributed by atoms with Gasteiger partial charge in [-0.25, -0.2) is 9.78 Å². The first kappa shape index (κ1) is 9.67. The zero-order chi connectivity index (χ0) is 10.0. The van der Waals surface area contributed by atoms with Crippen LogP contribution < -0.4 is 0 Å². The summed E-state index contributed by atoms with van der Waals surface area (Å²) in [6, 6.07) is 1.24. The molecule has 1 heterocycles. The van der Waals surface area contributed by atoms with Crippen molar-refractivity contribution >= 4 is 23.4 Å². The van der Waals surface area contributed by atoms with Crippen molar-refractivity contribution in [3.63, 3.8) is 0 Å². The predicted molar refractivity (Wildman–Crippen MR) is 46.2 cm³/mol. The molecule has 0 aliphatic carbocycles. The van der Waals surface area contributed by atoms with Gasteiger partial charge in [-0.2, -0.15) is 0 Å². The Bertz CT molecular complexity index is 376. The van der Waals surface area contributed by atoms with Crippen LogP contribution in [0.5, 0.6) is 0 Å². The van der Waals surface area contributed by atoms with Gasteiger partial charge in [-0.3, -0.25) is 4.79 Å². The van der Waals surface area contributed by atoms with Crippen molar-refractivity contribution in [2.24, 2.45) is 0 Å². The standard InChI is InChI=1S/C8H6ClNO3/c1-4(11)5-2-7(9)10-3-6(5)8(12)13/h2-3H,1H3,(H,12,13). The Balaban J connectivity index is 3.35. The molecule has 0 fully saturated rings. The lowest BCUT2D eigenvalue weighted by atomic mass is 10.1. The zero-order valence-corrected chi connectivity index (χ0v) is 7.50. The number of rotatable bonds is 2. The summed E-state index contributed by atoms with van der Waals surface area (Å²) in [5.74, 6) is -1.53. The first-order chi connectivity index (χ1) is 6.02. The van der Waals surface area contributed by atoms with Gasteiger partial charge in [0.15, 0.2) is 5.78 Å². The summed E-state index contributed by atoms with van der Waals surface area (Å²) in [7, 11) is 0. The molecule has 0 spiro atoms. The molecule has 0 aliphatic rings. The zero-order valence-electron chi connectivity index (χ0n) is 6.74. The van der Waals surface area contributed by atoms with E-state index in [1.165, 1.54) is 13.0 Å². The molecule has 4 nitrogen and oxygen atoms in total. The van der Waals surface area contributed by atoms with Crippen molar-refractivity contribution in [1.29, 1.82) is 0 Å². The molecular formula is C8H6ClNO3. The van der Waals surface area contributed by atoms with Crippen LogP contribution in [0.2, 0.25) is 5.15 Å². The van der Waals surface area contributed by atoms with Crippen molar-refractivity contribution in [3.8, 4) is 0 Å². The Morgan fingerprint density at radius 2 is 2.08 bits per heavy atom. The number of halogens is 1. The highest BCUT2D eigenvalue weighted by atomic mass is 35.5. The van der Waals surface area contributed by atoms with Gasteiger partial charge in [0.1, 0.15) is 5.15 Å². The van der Waals surface area contributed by atoms with E-state index in [0.717, 1.165) is 6.20 Å². The Hall–Kier alpha value is -1.42. The summed E-state index contributed by atoms with van der Waals surface area (Å²) in [6.07, 6.45) is 1.07. The minimum absolute atomic E-state index is 0.0764. The van der Waals surface area contributed by atoms with Crippen LogP contribution in [0.1, 0.15) is 27.6 Å². The highest BCUT2D eigenvalue weighted by Gasteiger charge is 2.14. The maximum Gasteiger partial charge on any atom is 0.338 e. The van der Waals surface area contributed by atoms with Gasteiger partial charge in [-0.05, 0) is 13.0 Å². The number of Topliss-reactive ketones (excluding diaryl/α,β-unsaturated/α-hetero) is 1. The fourth-order valence-electron chi connectivity index (χ4n) is 0.892. The second-order valence-electron chi connectivity index (χ2n) is 2.41. The Morgan fingerprint density at radius 1 is 1.46 bits per heavy atom. The minimum Gasteiger partial charge on any atom is -0.478 e. The van der Waals surface area contributed by atoms with E-state index in [9.17, 15) is 9.59 Å². The van der Waals surface area contributed by atoms with Crippen LogP contribution in [-0.2, 0) is 0 Å². The smallest absolute Gasteiger partial charge is 0.338 e. The van der Waals surface area contributed by atoms with E-state index >= 15 is 0 Å². The van der Waals surface area contributed by atoms with Crippen molar-refractivity contribution in [1.82, 2.24) is 4.98 Å². The number of carbonyl (C=O) groups excluding carboxylic acids is 1. The predicted octanol–water partition coefficient (Wildman–Crippen LogP) is 1.64. The van der Waals surface area contributed by atoms with Crippen LogP contribution in [0.25, 0.3) is 0 Å². The number of hydrogen-bond acceptors (Lipinski definition) is 3. The van der Waals surface area contributed by atoms with E-state index < -0.39 is 5.97 Å². The summed E-state index contributed by atoms with van der Waals surface area (Å²) in [4.78, 5) is 25.2. The lowest BCUT2D eigenvalue weighted by Crippen LogP contribution is -2.06. The van der Waals surface area contributed by atoms with E-state index in [1.54, 1.807) is 0 Å². The van der Waals surface area contributed by atoms with Crippen molar-refractivity contribution < 1.29 is 14.7 Å². The summed E-state index contributed by atoms with van der Waals surface area (Å²) in [5.41, 5.74) is -0.0515. The average Bonchev–Trinajstić information content (AvgIpc) is 2.03. The van der Waals surface area contributed by atoms with Crippen LogP contribution in [0.3, 0.4) is 0 Å². The van der Waals surface area contributed by atoms with Gasteiger partial charge in [0.05, 0.1) is 5.56 Å². The lowest BCUT2D eigenvalue weighted by Gasteiger charge is -2.00. The number of aromatic nitrogens is 1. The highest BCUT2D eigenvalue weighted by Crippen LogP contribution is 2.13. The number of aromatic carboxylic acids is 1. The molecule has 0 amide bonds. The number of pyridine rings is 1. The number of carboxylic acid groups (broad SMARTS) is 1. The van der Waals surface area contributed by atoms with Crippen LogP contribution >= 0.6 is 11.6 Å². The molecular weight excluding hydrogens is 194 g/mol. The molecule has 0 unspecified atom stereocenters. The number of ketones is 1. The lowest BCUT2D eigenvalue weighted by molar-refractivity contribution is 0.0692. The third kappa shape index (κ3) is 2.03. The molecule has 0 atom stereocenters. The van der Waals surface area contributed by atoms with Crippen molar-refractivity contribution in [3.05, 3.63) is 28.5 Å². The molecule has 0 saturated carbocycles. The van der Waals surface area contributed by atoms with Gasteiger partial charge < -0.3 is 5.11 Å². The molecule has 1 rings (SSSR count). The number of carboxylic acids is 1. The monoisotopic (exact) mass is 199 g/mol. The first-order valence-corrected chi connectivity index (χ1v) is 3.80. The van der Waals surface area contributed by atoms with Crippen molar-refractivity contribution in [2.45, 2.75) is 6.92 Å². The van der Waals surface area contributed by atoms with E-state index in [0.29, 0.717) is 0 Å². The molecule has 1 aromatic rings. The van der Waals surface area contributed by atoms with Crippen LogP contribution in [0.15, 0.2) is 12.3 Å². The topological polar surface area (TPSA) is 67.3 Å². The number of hydrogen-bond donors (Lipinski definition) is 1. The van der Waals surface area contributed by atoms with Crippen LogP contribution in [0.4, 0.5) is 0 Å². The normalized spacial score (nSPS) is 9.69. The molecule has 0 radical (unpaired) electrons. The summed E-state index contributed by atoms with van der Waals surface area (Å²) in [6.45, 7) is 1.28. The van der Waals surface area contributed by atoms with Crippen LogP contribution in [0, 0.1) is 0 Å². The highest BCUT2D eigenvalue weighted by molar-refractivity contribution is 6.30. The second kappa shape index (κ2) is 3.53. The summed E-state index contributed by atoms with van der Waals surface area (Å²) < 4.78 is 0. The molecule has 0 bridgehead atoms. The van der Waals surface area contributed by atoms with Crippen molar-refractivity contribution in [2.75, 3.05) is 0 Å². The van der Waals surface area contributed by atoms with Gasteiger partial charge in [0.2, 0.25) is 0 Å². The number of carbonyl (C=O) groups is 2. The minimum atomic E-state index is -1.19. The molecule has 1 aromatic heterocycles. The Labute approximate surface area is 79.2 Å². The SMILES string of the molecule is CC(=O)c1cc(Cl)ncc1C(=O)O. The van der Waals surface area contributed by atoms with E-state index in [2.05, 4.69) is 4.98 Å². The molecule has 68 valence electrons. The molecule has 1 N–H and O–H groups in total. The largest absolute Gasteiger partial charge is 0.478 e. The van der Waals surface area contributed by atoms with E-state index in [1.807, 2.05) is 0 Å². The maximum atomic E-state index is 11.0. The van der Waals surface area contributed by atoms with Gasteiger partial charge >= 0.3 is 5.97 Å². The Morgan fingerprint density at radius 3 is 2.54 bits per heavy atom. The quantitative estimate of drug-likeness (QED) is 0.581. The van der Waals surface area contributed by atoms with E-state index in [-0.39, 0.29) is 22.1 Å². The third-order valence-electron chi connectivity index (χ3n) is 1.48. The molecule has 13 heavy (non-hydrogen) atoms. The number of nitrogens with zero attached hydrogens (tertiary/aromatic N) is 1. The fourth-order valence-corrected chi connectivity index (χ4v) is 1.05. The molecule has 0 aliphatic heterocycles. The Kier molecular flexibility index (Phi) is 2.63. The second-order valence-corrected chi connectivity index (χ2v) is 2.80. The first-order valence-electron chi connectivity index (χ1n) is 3.42. The average molecular weight is 200 g/mol. The maximum absolute atomic E-state index is 11.0. The van der Waals surface area contributed by atoms with Gasteiger partial charge in [0.25, 0.3) is 0 Å². The summed E-state index contributed by atoms with van der Waals surface area (Å²) in [5, 5.41) is 8.78. The van der Waals surface area contributed by atoms with Gasteiger partial charge in [0, 0.05) is 11.8 Å². The van der Waals surface area contributed by atoms with Crippen LogP contribution in [-0.4, -0.2) is 21.8 Å². The third-order valence-corrected chi connectivity index (χ3v) is 1.69. The fraction of sp³-hybridized carbons (Fsp3) is 0.125. The summed E-state index contributed by atoms with van der Waals surface area (Å²) >= 11 is 5.51. The van der Waals surface area contributed by atoms with Gasteiger partial charge in [-0.1, -0.05) is 11.6 Å². The molecule has 5 heteroatoms. The van der Waals surface area contributed by atoms with E-state index in [4.69, 9.17) is 16.7 Å².